The van der Waals surface area contributed by atoms with Gasteiger partial charge >= 0.3 is 0 Å². The van der Waals surface area contributed by atoms with E-state index >= 15 is 0 Å². The number of nitrogens with zero attached hydrogens (tertiary/aromatic N) is 2. The Bertz CT molecular complexity index is 1220. The van der Waals surface area contributed by atoms with E-state index in [2.05, 4.69) is 0 Å². The molecular weight excluding hydrogens is 412 g/mol. The molecule has 0 radical (unpaired) electrons. The van der Waals surface area contributed by atoms with E-state index in [-0.39, 0.29) is 5.56 Å². The fourth-order valence-corrected chi connectivity index (χ4v) is 3.53. The Labute approximate surface area is 185 Å². The Morgan fingerprint density at radius 1 is 0.903 bits per heavy atom. The number of fused-ring (bicyclic) bond motifs is 1. The maximum atomic E-state index is 13.2. The van der Waals surface area contributed by atoms with Crippen molar-refractivity contribution in [3.63, 3.8) is 0 Å². The van der Waals surface area contributed by atoms with Crippen molar-refractivity contribution in [1.82, 2.24) is 9.55 Å². The van der Waals surface area contributed by atoms with Crippen LogP contribution in [0.5, 0.6) is 11.5 Å². The van der Waals surface area contributed by atoms with Crippen LogP contribution in [0.15, 0.2) is 77.6 Å². The van der Waals surface area contributed by atoms with E-state index in [0.29, 0.717) is 47.9 Å². The highest BCUT2D eigenvalue weighted by molar-refractivity contribution is 6.30. The summed E-state index contributed by atoms with van der Waals surface area (Å²) in [5, 5.41) is 1.25. The number of para-hydroxylation sites is 1. The quantitative estimate of drug-likeness (QED) is 0.339. The first-order valence-corrected chi connectivity index (χ1v) is 10.6. The molecule has 6 heteroatoms. The highest BCUT2D eigenvalue weighted by Crippen LogP contribution is 2.22. The second-order valence-corrected chi connectivity index (χ2v) is 7.46. The van der Waals surface area contributed by atoms with E-state index in [0.717, 1.165) is 17.1 Å². The van der Waals surface area contributed by atoms with Crippen LogP contribution in [0.2, 0.25) is 5.02 Å². The van der Waals surface area contributed by atoms with Crippen LogP contribution in [0.3, 0.4) is 0 Å². The molecule has 0 bridgehead atoms. The van der Waals surface area contributed by atoms with Crippen LogP contribution in [0, 0.1) is 0 Å². The van der Waals surface area contributed by atoms with Crippen LogP contribution in [-0.4, -0.2) is 22.8 Å². The van der Waals surface area contributed by atoms with Crippen molar-refractivity contribution >= 4 is 22.5 Å². The lowest BCUT2D eigenvalue weighted by Gasteiger charge is -2.14. The van der Waals surface area contributed by atoms with Crippen LogP contribution >= 0.6 is 11.6 Å². The average Bonchev–Trinajstić information content (AvgIpc) is 2.79. The summed E-state index contributed by atoms with van der Waals surface area (Å²) in [5.41, 5.74) is 1.47. The van der Waals surface area contributed by atoms with Crippen LogP contribution in [0.25, 0.3) is 22.3 Å². The Morgan fingerprint density at radius 2 is 1.58 bits per heavy atom. The molecule has 0 fully saturated rings. The van der Waals surface area contributed by atoms with Gasteiger partial charge in [0.1, 0.15) is 17.3 Å². The van der Waals surface area contributed by atoms with Gasteiger partial charge in [0.05, 0.1) is 24.1 Å². The van der Waals surface area contributed by atoms with Gasteiger partial charge in [-0.25, -0.2) is 4.98 Å². The highest BCUT2D eigenvalue weighted by Gasteiger charge is 2.12. The summed E-state index contributed by atoms with van der Waals surface area (Å²) in [6.07, 6.45) is 0.660. The van der Waals surface area contributed by atoms with Crippen molar-refractivity contribution in [2.24, 2.45) is 0 Å². The number of rotatable bonds is 8. The highest BCUT2D eigenvalue weighted by atomic mass is 35.5. The second kappa shape index (κ2) is 9.67. The second-order valence-electron chi connectivity index (χ2n) is 7.02. The third-order valence-corrected chi connectivity index (χ3v) is 5.15. The number of hydrogen-bond acceptors (Lipinski definition) is 4. The zero-order valence-electron chi connectivity index (χ0n) is 17.3. The number of halogens is 1. The van der Waals surface area contributed by atoms with Crippen molar-refractivity contribution in [3.05, 3.63) is 88.2 Å². The van der Waals surface area contributed by atoms with Crippen molar-refractivity contribution < 1.29 is 9.47 Å². The molecule has 0 atom stereocenters. The first-order valence-electron chi connectivity index (χ1n) is 10.3. The van der Waals surface area contributed by atoms with Crippen molar-refractivity contribution in [3.8, 4) is 22.9 Å². The molecule has 0 unspecified atom stereocenters. The van der Waals surface area contributed by atoms with Gasteiger partial charge in [-0.3, -0.25) is 9.36 Å². The van der Waals surface area contributed by atoms with E-state index in [1.807, 2.05) is 67.6 Å². The lowest BCUT2D eigenvalue weighted by atomic mass is 10.1. The van der Waals surface area contributed by atoms with Crippen LogP contribution in [0.1, 0.15) is 13.3 Å². The van der Waals surface area contributed by atoms with Gasteiger partial charge in [0.2, 0.25) is 0 Å². The van der Waals surface area contributed by atoms with Gasteiger partial charge in [0.15, 0.2) is 0 Å². The van der Waals surface area contributed by atoms with Crippen LogP contribution in [-0.2, 0) is 6.54 Å². The third kappa shape index (κ3) is 4.89. The molecule has 1 aromatic heterocycles. The number of aromatic nitrogens is 2. The zero-order valence-corrected chi connectivity index (χ0v) is 18.0. The normalized spacial score (nSPS) is 10.9. The number of ether oxygens (including phenoxy) is 2. The summed E-state index contributed by atoms with van der Waals surface area (Å²) >= 11 is 6.04. The molecule has 0 aliphatic rings. The van der Waals surface area contributed by atoms with Crippen molar-refractivity contribution in [1.29, 1.82) is 0 Å². The molecule has 0 aliphatic carbocycles. The van der Waals surface area contributed by atoms with Gasteiger partial charge in [0, 0.05) is 17.1 Å². The van der Waals surface area contributed by atoms with Crippen molar-refractivity contribution in [2.45, 2.75) is 19.9 Å². The SMILES string of the molecule is CCOc1ccc(OCCCn2c(-c3ccc(Cl)cc3)nc3ccccc3c2=O)cc1. The fraction of sp³-hybridized carbons (Fsp3) is 0.200. The van der Waals surface area contributed by atoms with Gasteiger partial charge in [-0.2, -0.15) is 0 Å². The summed E-state index contributed by atoms with van der Waals surface area (Å²) in [5.74, 6) is 2.21. The zero-order chi connectivity index (χ0) is 21.6. The molecule has 4 rings (SSSR count). The maximum Gasteiger partial charge on any atom is 0.261 e. The molecule has 0 saturated carbocycles. The topological polar surface area (TPSA) is 53.4 Å². The maximum absolute atomic E-state index is 13.2. The Balaban J connectivity index is 1.54. The summed E-state index contributed by atoms with van der Waals surface area (Å²) < 4.78 is 13.0. The van der Waals surface area contributed by atoms with Crippen LogP contribution < -0.4 is 15.0 Å². The predicted octanol–water partition coefficient (Wildman–Crippen LogP) is 5.58. The van der Waals surface area contributed by atoms with Gasteiger partial charge in [-0.15, -0.1) is 0 Å². The molecule has 4 aromatic rings. The van der Waals surface area contributed by atoms with Crippen LogP contribution in [0.4, 0.5) is 0 Å². The summed E-state index contributed by atoms with van der Waals surface area (Å²) in [6, 6.07) is 22.3. The minimum Gasteiger partial charge on any atom is -0.494 e. The van der Waals surface area contributed by atoms with E-state index < -0.39 is 0 Å². The first kappa shape index (κ1) is 20.9. The van der Waals surface area contributed by atoms with E-state index in [1.54, 1.807) is 16.7 Å². The fourth-order valence-electron chi connectivity index (χ4n) is 3.41. The number of benzene rings is 3. The Morgan fingerprint density at radius 3 is 2.29 bits per heavy atom. The first-order chi connectivity index (χ1) is 15.2. The largest absolute Gasteiger partial charge is 0.494 e. The smallest absolute Gasteiger partial charge is 0.261 e. The van der Waals surface area contributed by atoms with Crippen molar-refractivity contribution in [2.75, 3.05) is 13.2 Å². The molecule has 158 valence electrons. The summed E-state index contributed by atoms with van der Waals surface area (Å²) in [7, 11) is 0. The Hall–Kier alpha value is -3.31. The molecule has 0 aliphatic heterocycles. The third-order valence-electron chi connectivity index (χ3n) is 4.89. The molecule has 5 nitrogen and oxygen atoms in total. The average molecular weight is 435 g/mol. The summed E-state index contributed by atoms with van der Waals surface area (Å²) in [4.78, 5) is 18.0. The molecule has 3 aromatic carbocycles. The standard InChI is InChI=1S/C25H23ClN2O3/c1-2-30-20-12-14-21(15-13-20)31-17-5-16-28-24(18-8-10-19(26)11-9-18)27-23-7-4-3-6-22(23)25(28)29/h3-4,6-15H,2,5,16-17H2,1H3. The van der Waals surface area contributed by atoms with E-state index in [1.165, 1.54) is 0 Å². The van der Waals surface area contributed by atoms with Gasteiger partial charge in [0.25, 0.3) is 5.56 Å². The lowest BCUT2D eigenvalue weighted by Crippen LogP contribution is -2.24. The molecule has 0 saturated heterocycles. The summed E-state index contributed by atoms with van der Waals surface area (Å²) in [6.45, 7) is 3.55. The minimum absolute atomic E-state index is 0.0587. The molecule has 1 heterocycles. The Kier molecular flexibility index (Phi) is 6.53. The molecule has 0 N–H and O–H groups in total. The molecule has 31 heavy (non-hydrogen) atoms. The molecule has 0 amide bonds. The predicted molar refractivity (Wildman–Crippen MR) is 124 cm³/mol. The number of hydrogen-bond donors (Lipinski definition) is 0. The lowest BCUT2D eigenvalue weighted by molar-refractivity contribution is 0.299. The minimum atomic E-state index is -0.0587. The van der Waals surface area contributed by atoms with E-state index in [9.17, 15) is 4.79 Å². The van der Waals surface area contributed by atoms with Gasteiger partial charge < -0.3 is 9.47 Å². The van der Waals surface area contributed by atoms with E-state index in [4.69, 9.17) is 26.1 Å². The monoisotopic (exact) mass is 434 g/mol. The van der Waals surface area contributed by atoms with Gasteiger partial charge in [-0.1, -0.05) is 23.7 Å². The van der Waals surface area contributed by atoms with Gasteiger partial charge in [-0.05, 0) is 74.0 Å². The molecular formula is C25H23ClN2O3. The molecule has 0 spiro atoms.